The first-order valence-electron chi connectivity index (χ1n) is 9.41. The summed E-state index contributed by atoms with van der Waals surface area (Å²) in [5, 5.41) is 9.35. The van der Waals surface area contributed by atoms with Crippen LogP contribution in [0.1, 0.15) is 36.5 Å². The Morgan fingerprint density at radius 1 is 1.30 bits per heavy atom. The summed E-state index contributed by atoms with van der Waals surface area (Å²) in [4.78, 5) is 9.25. The van der Waals surface area contributed by atoms with E-state index in [1.165, 1.54) is 5.39 Å². The molecule has 0 radical (unpaired) electrons. The van der Waals surface area contributed by atoms with Gasteiger partial charge in [0.25, 0.3) is 0 Å². The van der Waals surface area contributed by atoms with Gasteiger partial charge >= 0.3 is 0 Å². The van der Waals surface area contributed by atoms with Gasteiger partial charge in [0.1, 0.15) is 12.4 Å². The number of benzene rings is 1. The van der Waals surface area contributed by atoms with E-state index in [4.69, 9.17) is 14.6 Å². The van der Waals surface area contributed by atoms with E-state index in [0.717, 1.165) is 42.3 Å². The Labute approximate surface area is 158 Å². The molecule has 0 amide bonds. The zero-order chi connectivity index (χ0) is 18.6. The molecule has 0 saturated carbocycles. The molecule has 1 atom stereocenters. The second-order valence-electron chi connectivity index (χ2n) is 6.72. The maximum atomic E-state index is 5.52. The van der Waals surface area contributed by atoms with Gasteiger partial charge in [-0.2, -0.15) is 5.10 Å². The SMILES string of the molecule is CCn1nc(CNc2cc([C@@H]3CCOC3)nc(COC)n2)c2ccccc21. The smallest absolute Gasteiger partial charge is 0.156 e. The van der Waals surface area contributed by atoms with Gasteiger partial charge < -0.3 is 14.8 Å². The molecule has 2 aromatic heterocycles. The van der Waals surface area contributed by atoms with Crippen molar-refractivity contribution in [2.24, 2.45) is 0 Å². The highest BCUT2D eigenvalue weighted by Gasteiger charge is 2.21. The van der Waals surface area contributed by atoms with Crippen LogP contribution < -0.4 is 5.32 Å². The Hall–Kier alpha value is -2.51. The summed E-state index contributed by atoms with van der Waals surface area (Å²) < 4.78 is 12.8. The summed E-state index contributed by atoms with van der Waals surface area (Å²) in [6.45, 7) is 5.46. The summed E-state index contributed by atoms with van der Waals surface area (Å²) in [6, 6.07) is 10.3. The average Bonchev–Trinajstić information content (AvgIpc) is 3.35. The van der Waals surface area contributed by atoms with Crippen LogP contribution in [0, 0.1) is 0 Å². The lowest BCUT2D eigenvalue weighted by Gasteiger charge is -2.12. The number of para-hydroxylation sites is 1. The lowest BCUT2D eigenvalue weighted by atomic mass is 10.0. The highest BCUT2D eigenvalue weighted by Crippen LogP contribution is 2.26. The highest BCUT2D eigenvalue weighted by molar-refractivity contribution is 5.82. The van der Waals surface area contributed by atoms with E-state index in [0.29, 0.717) is 31.5 Å². The van der Waals surface area contributed by atoms with Crippen molar-refractivity contribution in [2.75, 3.05) is 25.6 Å². The minimum Gasteiger partial charge on any atom is -0.381 e. The maximum Gasteiger partial charge on any atom is 0.156 e. The number of hydrogen-bond donors (Lipinski definition) is 1. The molecule has 3 heterocycles. The second kappa shape index (κ2) is 8.02. The minimum atomic E-state index is 0.323. The van der Waals surface area contributed by atoms with Crippen LogP contribution in [0.2, 0.25) is 0 Å². The summed E-state index contributed by atoms with van der Waals surface area (Å²) in [5.74, 6) is 1.81. The number of ether oxygens (including phenoxy) is 2. The van der Waals surface area contributed by atoms with Crippen molar-refractivity contribution in [2.45, 2.75) is 39.0 Å². The van der Waals surface area contributed by atoms with Crippen molar-refractivity contribution in [3.63, 3.8) is 0 Å². The first-order valence-corrected chi connectivity index (χ1v) is 9.41. The molecule has 3 aromatic rings. The Morgan fingerprint density at radius 2 is 2.19 bits per heavy atom. The molecule has 1 aliphatic rings. The van der Waals surface area contributed by atoms with Crippen molar-refractivity contribution in [1.29, 1.82) is 0 Å². The van der Waals surface area contributed by atoms with Crippen LogP contribution in [0.3, 0.4) is 0 Å². The lowest BCUT2D eigenvalue weighted by molar-refractivity contribution is 0.177. The zero-order valence-electron chi connectivity index (χ0n) is 15.8. The largest absolute Gasteiger partial charge is 0.381 e. The van der Waals surface area contributed by atoms with Crippen LogP contribution in [0.5, 0.6) is 0 Å². The van der Waals surface area contributed by atoms with Gasteiger partial charge in [0.15, 0.2) is 5.82 Å². The number of anilines is 1. The first-order chi connectivity index (χ1) is 13.3. The molecular formula is C20H25N5O2. The topological polar surface area (TPSA) is 74.1 Å². The van der Waals surface area contributed by atoms with E-state index in [1.807, 2.05) is 22.9 Å². The number of nitrogens with zero attached hydrogens (tertiary/aromatic N) is 4. The van der Waals surface area contributed by atoms with Gasteiger partial charge in [0.2, 0.25) is 0 Å². The minimum absolute atomic E-state index is 0.323. The normalized spacial score (nSPS) is 16.9. The average molecular weight is 367 g/mol. The molecule has 1 saturated heterocycles. The van der Waals surface area contributed by atoms with Gasteiger partial charge in [-0.1, -0.05) is 18.2 Å². The van der Waals surface area contributed by atoms with Crippen molar-refractivity contribution >= 4 is 16.7 Å². The Balaban J connectivity index is 1.59. The number of methoxy groups -OCH3 is 1. The van der Waals surface area contributed by atoms with E-state index in [2.05, 4.69) is 34.3 Å². The molecule has 7 heteroatoms. The highest BCUT2D eigenvalue weighted by atomic mass is 16.5. The van der Waals surface area contributed by atoms with Gasteiger partial charge in [0.05, 0.1) is 30.1 Å². The maximum absolute atomic E-state index is 5.52. The van der Waals surface area contributed by atoms with Crippen LogP contribution in [-0.4, -0.2) is 40.1 Å². The van der Waals surface area contributed by atoms with E-state index >= 15 is 0 Å². The number of aryl methyl sites for hydroxylation is 1. The Bertz CT molecular complexity index is 918. The third-order valence-electron chi connectivity index (χ3n) is 4.88. The molecule has 1 N–H and O–H groups in total. The van der Waals surface area contributed by atoms with E-state index in [1.54, 1.807) is 7.11 Å². The summed E-state index contributed by atoms with van der Waals surface area (Å²) in [6.07, 6.45) is 0.994. The van der Waals surface area contributed by atoms with Gasteiger partial charge in [-0.05, 0) is 19.4 Å². The van der Waals surface area contributed by atoms with E-state index in [9.17, 15) is 0 Å². The molecule has 1 aromatic carbocycles. The number of nitrogens with one attached hydrogen (secondary N) is 1. The molecule has 0 unspecified atom stereocenters. The molecule has 4 rings (SSSR count). The van der Waals surface area contributed by atoms with Crippen LogP contribution in [0.25, 0.3) is 10.9 Å². The van der Waals surface area contributed by atoms with Gasteiger partial charge in [0, 0.05) is 37.6 Å². The number of hydrogen-bond acceptors (Lipinski definition) is 6. The molecule has 0 aliphatic carbocycles. The van der Waals surface area contributed by atoms with Crippen LogP contribution in [0.15, 0.2) is 30.3 Å². The molecule has 142 valence electrons. The predicted octanol–water partition coefficient (Wildman–Crippen LogP) is 3.11. The van der Waals surface area contributed by atoms with Crippen LogP contribution in [-0.2, 0) is 29.2 Å². The number of rotatable bonds is 7. The van der Waals surface area contributed by atoms with Crippen molar-refractivity contribution in [3.05, 3.63) is 47.5 Å². The Morgan fingerprint density at radius 3 is 2.96 bits per heavy atom. The van der Waals surface area contributed by atoms with Gasteiger partial charge in [-0.3, -0.25) is 4.68 Å². The van der Waals surface area contributed by atoms with Crippen molar-refractivity contribution in [1.82, 2.24) is 19.7 Å². The molecule has 27 heavy (non-hydrogen) atoms. The first kappa shape index (κ1) is 17.9. The Kier molecular flexibility index (Phi) is 5.31. The number of aromatic nitrogens is 4. The van der Waals surface area contributed by atoms with E-state index < -0.39 is 0 Å². The fraction of sp³-hybridized carbons (Fsp3) is 0.450. The molecule has 1 aliphatic heterocycles. The summed E-state index contributed by atoms with van der Waals surface area (Å²) >= 11 is 0. The third kappa shape index (κ3) is 3.79. The molecule has 0 bridgehead atoms. The second-order valence-corrected chi connectivity index (χ2v) is 6.72. The molecule has 1 fully saturated rings. The van der Waals surface area contributed by atoms with Crippen molar-refractivity contribution in [3.8, 4) is 0 Å². The van der Waals surface area contributed by atoms with Gasteiger partial charge in [-0.15, -0.1) is 0 Å². The predicted molar refractivity (Wildman–Crippen MR) is 104 cm³/mol. The fourth-order valence-electron chi connectivity index (χ4n) is 3.52. The fourth-order valence-corrected chi connectivity index (χ4v) is 3.52. The lowest BCUT2D eigenvalue weighted by Crippen LogP contribution is -2.10. The molecule has 7 nitrogen and oxygen atoms in total. The standard InChI is InChI=1S/C20H25N5O2/c1-3-25-18-7-5-4-6-15(18)17(24-25)11-21-19-10-16(14-8-9-27-12-14)22-20(23-19)13-26-2/h4-7,10,14H,3,8-9,11-13H2,1-2H3,(H,21,22,23)/t14-/m1/s1. The molecular weight excluding hydrogens is 342 g/mol. The van der Waals surface area contributed by atoms with Gasteiger partial charge in [-0.25, -0.2) is 9.97 Å². The third-order valence-corrected chi connectivity index (χ3v) is 4.88. The van der Waals surface area contributed by atoms with E-state index in [-0.39, 0.29) is 0 Å². The van der Waals surface area contributed by atoms with Crippen LogP contribution in [0.4, 0.5) is 5.82 Å². The summed E-state index contributed by atoms with van der Waals surface area (Å²) in [5.41, 5.74) is 3.19. The molecule has 0 spiro atoms. The number of fused-ring (bicyclic) bond motifs is 1. The monoisotopic (exact) mass is 367 g/mol. The zero-order valence-corrected chi connectivity index (χ0v) is 15.8. The summed E-state index contributed by atoms with van der Waals surface area (Å²) in [7, 11) is 1.66. The quantitative estimate of drug-likeness (QED) is 0.692. The van der Waals surface area contributed by atoms with Crippen molar-refractivity contribution < 1.29 is 9.47 Å². The van der Waals surface area contributed by atoms with Crippen LogP contribution >= 0.6 is 0 Å².